The molecular formula is C24H26N4OS2. The second-order valence-electron chi connectivity index (χ2n) is 7.88. The first-order valence-corrected chi connectivity index (χ1v) is 11.6. The van der Waals surface area contributed by atoms with Crippen molar-refractivity contribution in [3.8, 4) is 0 Å². The maximum atomic E-state index is 12.7. The number of hydrogen-bond donors (Lipinski definition) is 2. The molecule has 1 aromatic carbocycles. The van der Waals surface area contributed by atoms with E-state index in [0.717, 1.165) is 22.5 Å². The van der Waals surface area contributed by atoms with Crippen LogP contribution in [0.5, 0.6) is 0 Å². The van der Waals surface area contributed by atoms with Crippen molar-refractivity contribution in [2.75, 3.05) is 11.9 Å². The third-order valence-corrected chi connectivity index (χ3v) is 6.92. The molecule has 1 amide bonds. The van der Waals surface area contributed by atoms with Gasteiger partial charge in [-0.05, 0) is 74.4 Å². The minimum absolute atomic E-state index is 0.00889. The van der Waals surface area contributed by atoms with Crippen LogP contribution in [0.15, 0.2) is 54.7 Å². The van der Waals surface area contributed by atoms with Crippen LogP contribution in [0.25, 0.3) is 0 Å². The molecule has 0 unspecified atom stereocenters. The highest BCUT2D eigenvalue weighted by Gasteiger charge is 2.40. The molecule has 2 N–H and O–H groups in total. The summed E-state index contributed by atoms with van der Waals surface area (Å²) in [4.78, 5) is 21.9. The van der Waals surface area contributed by atoms with Crippen LogP contribution in [-0.2, 0) is 4.79 Å². The van der Waals surface area contributed by atoms with Gasteiger partial charge in [-0.15, -0.1) is 11.3 Å². The Balaban J connectivity index is 1.52. The number of aryl methyl sites for hydroxylation is 3. The summed E-state index contributed by atoms with van der Waals surface area (Å²) in [6, 6.07) is 16.2. The molecule has 1 fully saturated rings. The molecule has 0 bridgehead atoms. The van der Waals surface area contributed by atoms with Crippen molar-refractivity contribution in [2.45, 2.75) is 39.3 Å². The number of hydrogen-bond acceptors (Lipinski definition) is 4. The first kappa shape index (κ1) is 21.5. The number of thiophene rings is 1. The molecule has 160 valence electrons. The van der Waals surface area contributed by atoms with E-state index in [1.165, 1.54) is 9.75 Å². The van der Waals surface area contributed by atoms with Gasteiger partial charge in [0.05, 0.1) is 17.8 Å². The van der Waals surface area contributed by atoms with Crippen LogP contribution in [0.4, 0.5) is 5.69 Å². The maximum absolute atomic E-state index is 12.7. The third-order valence-electron chi connectivity index (χ3n) is 5.50. The van der Waals surface area contributed by atoms with Gasteiger partial charge in [0.15, 0.2) is 5.11 Å². The van der Waals surface area contributed by atoms with E-state index in [-0.39, 0.29) is 18.0 Å². The standard InChI is InChI=1S/C24H26N4OS2/c1-15-7-8-16(2)19(14-15)26-21(29)11-13-28-23(20-10-9-17(3)31-20)22(27-24(28)30)18-6-4-5-12-25-18/h4-10,12,14,22-23H,11,13H2,1-3H3,(H,26,29)(H,27,30)/t22-,23-/m0/s1. The minimum atomic E-state index is -0.0474. The second-order valence-corrected chi connectivity index (χ2v) is 9.59. The molecule has 0 radical (unpaired) electrons. The Hall–Kier alpha value is -2.77. The van der Waals surface area contributed by atoms with Crippen molar-refractivity contribution < 1.29 is 4.79 Å². The number of carbonyl (C=O) groups is 1. The third kappa shape index (κ3) is 4.78. The maximum Gasteiger partial charge on any atom is 0.226 e. The molecule has 3 aromatic rings. The van der Waals surface area contributed by atoms with Crippen molar-refractivity contribution in [3.05, 3.63) is 81.3 Å². The van der Waals surface area contributed by atoms with Gasteiger partial charge in [-0.3, -0.25) is 9.78 Å². The van der Waals surface area contributed by atoms with Crippen molar-refractivity contribution >= 4 is 40.3 Å². The lowest BCUT2D eigenvalue weighted by atomic mass is 10.0. The Kier molecular flexibility index (Phi) is 6.34. The molecule has 7 heteroatoms. The fraction of sp³-hybridized carbons (Fsp3) is 0.292. The Morgan fingerprint density at radius 1 is 1.19 bits per heavy atom. The SMILES string of the molecule is Cc1ccc(C)c(NC(=O)CCN2C(=S)N[C@@H](c3ccccn3)[C@@H]2c2ccc(C)s2)c1. The first-order chi connectivity index (χ1) is 14.9. The number of nitrogens with zero attached hydrogens (tertiary/aromatic N) is 2. The lowest BCUT2D eigenvalue weighted by Gasteiger charge is -2.26. The van der Waals surface area contributed by atoms with Gasteiger partial charge >= 0.3 is 0 Å². The molecule has 0 aliphatic carbocycles. The smallest absolute Gasteiger partial charge is 0.226 e. The van der Waals surface area contributed by atoms with Crippen LogP contribution in [0, 0.1) is 20.8 Å². The van der Waals surface area contributed by atoms with Gasteiger partial charge in [-0.1, -0.05) is 18.2 Å². The van der Waals surface area contributed by atoms with E-state index >= 15 is 0 Å². The topological polar surface area (TPSA) is 57.3 Å². The highest BCUT2D eigenvalue weighted by Crippen LogP contribution is 2.41. The van der Waals surface area contributed by atoms with Crippen LogP contribution in [-0.4, -0.2) is 27.4 Å². The Bertz CT molecular complexity index is 1100. The molecule has 4 rings (SSSR count). The van der Waals surface area contributed by atoms with Crippen LogP contribution < -0.4 is 10.6 Å². The number of anilines is 1. The number of carbonyl (C=O) groups excluding carboxylic acids is 1. The zero-order chi connectivity index (χ0) is 22.0. The molecule has 2 atom stereocenters. The van der Waals surface area contributed by atoms with Gasteiger partial charge in [0.1, 0.15) is 0 Å². The quantitative estimate of drug-likeness (QED) is 0.514. The average molecular weight is 451 g/mol. The number of pyridine rings is 1. The summed E-state index contributed by atoms with van der Waals surface area (Å²) in [5, 5.41) is 7.15. The Morgan fingerprint density at radius 2 is 2.03 bits per heavy atom. The monoisotopic (exact) mass is 450 g/mol. The number of nitrogens with one attached hydrogen (secondary N) is 2. The molecule has 1 aliphatic heterocycles. The molecule has 31 heavy (non-hydrogen) atoms. The van der Waals surface area contributed by atoms with E-state index in [9.17, 15) is 4.79 Å². The van der Waals surface area contributed by atoms with Gasteiger partial charge in [-0.2, -0.15) is 0 Å². The lowest BCUT2D eigenvalue weighted by molar-refractivity contribution is -0.116. The van der Waals surface area contributed by atoms with Crippen LogP contribution in [0.3, 0.4) is 0 Å². The summed E-state index contributed by atoms with van der Waals surface area (Å²) in [7, 11) is 0. The average Bonchev–Trinajstić information content (AvgIpc) is 3.32. The van der Waals surface area contributed by atoms with Crippen molar-refractivity contribution in [2.24, 2.45) is 0 Å². The van der Waals surface area contributed by atoms with Gasteiger partial charge < -0.3 is 15.5 Å². The zero-order valence-corrected chi connectivity index (χ0v) is 19.5. The zero-order valence-electron chi connectivity index (χ0n) is 17.9. The first-order valence-electron chi connectivity index (χ1n) is 10.3. The van der Waals surface area contributed by atoms with Crippen LogP contribution >= 0.6 is 23.6 Å². The number of benzene rings is 1. The number of amides is 1. The second kappa shape index (κ2) is 9.16. The van der Waals surface area contributed by atoms with E-state index in [0.29, 0.717) is 18.1 Å². The normalized spacial score (nSPS) is 18.2. The largest absolute Gasteiger partial charge is 0.352 e. The van der Waals surface area contributed by atoms with E-state index in [1.54, 1.807) is 17.5 Å². The van der Waals surface area contributed by atoms with E-state index in [1.807, 2.05) is 50.2 Å². The van der Waals surface area contributed by atoms with Crippen LogP contribution in [0.2, 0.25) is 0 Å². The summed E-state index contributed by atoms with van der Waals surface area (Å²) >= 11 is 7.44. The minimum Gasteiger partial charge on any atom is -0.352 e. The van der Waals surface area contributed by atoms with E-state index < -0.39 is 0 Å². The molecule has 1 saturated heterocycles. The van der Waals surface area contributed by atoms with Crippen molar-refractivity contribution in [3.63, 3.8) is 0 Å². The van der Waals surface area contributed by atoms with Crippen molar-refractivity contribution in [1.82, 2.24) is 15.2 Å². The highest BCUT2D eigenvalue weighted by atomic mass is 32.1. The van der Waals surface area contributed by atoms with Gasteiger partial charge in [0.2, 0.25) is 5.91 Å². The van der Waals surface area contributed by atoms with Gasteiger partial charge in [-0.25, -0.2) is 0 Å². The summed E-state index contributed by atoms with van der Waals surface area (Å²) < 4.78 is 0. The molecule has 5 nitrogen and oxygen atoms in total. The molecule has 1 aliphatic rings. The highest BCUT2D eigenvalue weighted by molar-refractivity contribution is 7.80. The molecule has 0 saturated carbocycles. The van der Waals surface area contributed by atoms with Crippen molar-refractivity contribution in [1.29, 1.82) is 0 Å². The predicted octanol–water partition coefficient (Wildman–Crippen LogP) is 5.07. The fourth-order valence-electron chi connectivity index (χ4n) is 3.87. The lowest BCUT2D eigenvalue weighted by Crippen LogP contribution is -2.32. The Morgan fingerprint density at radius 3 is 2.74 bits per heavy atom. The molecular weight excluding hydrogens is 424 g/mol. The summed E-state index contributed by atoms with van der Waals surface area (Å²) in [5.41, 5.74) is 3.99. The van der Waals surface area contributed by atoms with E-state index in [2.05, 4.69) is 39.6 Å². The van der Waals surface area contributed by atoms with Crippen LogP contribution in [0.1, 0.15) is 45.1 Å². The summed E-state index contributed by atoms with van der Waals surface area (Å²) in [6.45, 7) is 6.66. The molecule has 0 spiro atoms. The van der Waals surface area contributed by atoms with E-state index in [4.69, 9.17) is 12.2 Å². The van der Waals surface area contributed by atoms with Gasteiger partial charge in [0.25, 0.3) is 0 Å². The number of aromatic nitrogens is 1. The molecule has 2 aromatic heterocycles. The number of thiocarbonyl (C=S) groups is 1. The fourth-order valence-corrected chi connectivity index (χ4v) is 5.23. The summed E-state index contributed by atoms with van der Waals surface area (Å²) in [5.74, 6) is -0.0149. The van der Waals surface area contributed by atoms with Gasteiger partial charge in [0, 0.05) is 34.6 Å². The summed E-state index contributed by atoms with van der Waals surface area (Å²) in [6.07, 6.45) is 2.15. The molecule has 3 heterocycles. The Labute approximate surface area is 192 Å². The number of rotatable bonds is 6. The predicted molar refractivity (Wildman–Crippen MR) is 130 cm³/mol.